The number of fused-ring (bicyclic) bond motifs is 2. The van der Waals surface area contributed by atoms with Crippen LogP contribution in [0.2, 0.25) is 0 Å². The van der Waals surface area contributed by atoms with Crippen molar-refractivity contribution in [2.75, 3.05) is 0 Å². The second kappa shape index (κ2) is 4.42. The molecule has 0 aliphatic carbocycles. The summed E-state index contributed by atoms with van der Waals surface area (Å²) in [6.07, 6.45) is 0. The van der Waals surface area contributed by atoms with Gasteiger partial charge in [0.1, 0.15) is 11.2 Å². The average molecular weight is 274 g/mol. The first kappa shape index (κ1) is 12.1. The zero-order chi connectivity index (χ0) is 14.4. The van der Waals surface area contributed by atoms with Gasteiger partial charge in [-0.05, 0) is 49.2 Å². The maximum absolute atomic E-state index is 5.87. The van der Waals surface area contributed by atoms with Crippen LogP contribution >= 0.6 is 0 Å². The molecule has 0 spiro atoms. The Labute approximate surface area is 122 Å². The van der Waals surface area contributed by atoms with E-state index in [0.29, 0.717) is 5.89 Å². The number of oxazole rings is 1. The number of pyridine rings is 1. The Bertz CT molecular complexity index is 969. The summed E-state index contributed by atoms with van der Waals surface area (Å²) in [5, 5.41) is 1.13. The van der Waals surface area contributed by atoms with Crippen LogP contribution < -0.4 is 0 Å². The molecule has 0 N–H and O–H groups in total. The molecule has 4 aromatic rings. The highest BCUT2D eigenvalue weighted by Gasteiger charge is 2.13. The molecule has 0 saturated heterocycles. The van der Waals surface area contributed by atoms with Crippen LogP contribution in [0.25, 0.3) is 33.6 Å². The van der Waals surface area contributed by atoms with E-state index >= 15 is 0 Å². The molecule has 0 atom stereocenters. The van der Waals surface area contributed by atoms with Crippen molar-refractivity contribution < 1.29 is 4.42 Å². The summed E-state index contributed by atoms with van der Waals surface area (Å²) in [7, 11) is 0. The predicted molar refractivity (Wildman–Crippen MR) is 84.2 cm³/mol. The molecule has 3 nitrogen and oxygen atoms in total. The highest BCUT2D eigenvalue weighted by Crippen LogP contribution is 2.28. The number of aromatic nitrogens is 2. The van der Waals surface area contributed by atoms with E-state index in [-0.39, 0.29) is 0 Å². The van der Waals surface area contributed by atoms with Gasteiger partial charge < -0.3 is 4.42 Å². The topological polar surface area (TPSA) is 38.9 Å². The number of para-hydroxylation sites is 1. The summed E-state index contributed by atoms with van der Waals surface area (Å²) in [5.74, 6) is 0.582. The SMILES string of the molecule is Cc1ccc2oc(-c3nc4ccccc4cc3C)nc2c1. The molecular formula is C18H14N2O. The lowest BCUT2D eigenvalue weighted by Gasteiger charge is -2.03. The molecule has 0 amide bonds. The number of hydrogen-bond acceptors (Lipinski definition) is 3. The highest BCUT2D eigenvalue weighted by atomic mass is 16.3. The highest BCUT2D eigenvalue weighted by molar-refractivity contribution is 5.83. The number of aryl methyl sites for hydroxylation is 2. The molecule has 21 heavy (non-hydrogen) atoms. The molecular weight excluding hydrogens is 260 g/mol. The minimum Gasteiger partial charge on any atom is -0.435 e. The van der Waals surface area contributed by atoms with Crippen molar-refractivity contribution in [2.45, 2.75) is 13.8 Å². The van der Waals surface area contributed by atoms with Crippen LogP contribution in [0.4, 0.5) is 0 Å². The van der Waals surface area contributed by atoms with Crippen molar-refractivity contribution in [2.24, 2.45) is 0 Å². The fourth-order valence-corrected chi connectivity index (χ4v) is 2.58. The molecule has 3 heteroatoms. The molecule has 102 valence electrons. The van der Waals surface area contributed by atoms with E-state index in [2.05, 4.69) is 17.1 Å². The van der Waals surface area contributed by atoms with Gasteiger partial charge in [-0.15, -0.1) is 0 Å². The van der Waals surface area contributed by atoms with Crippen LogP contribution in [0.1, 0.15) is 11.1 Å². The summed E-state index contributed by atoms with van der Waals surface area (Å²) < 4.78 is 5.87. The second-order valence-corrected chi connectivity index (χ2v) is 5.34. The minimum absolute atomic E-state index is 0.582. The van der Waals surface area contributed by atoms with E-state index in [1.165, 1.54) is 5.56 Å². The maximum Gasteiger partial charge on any atom is 0.246 e. The van der Waals surface area contributed by atoms with Gasteiger partial charge in [0.15, 0.2) is 5.58 Å². The lowest BCUT2D eigenvalue weighted by atomic mass is 10.1. The van der Waals surface area contributed by atoms with E-state index < -0.39 is 0 Å². The van der Waals surface area contributed by atoms with Gasteiger partial charge >= 0.3 is 0 Å². The molecule has 0 aliphatic rings. The minimum atomic E-state index is 0.582. The normalized spacial score (nSPS) is 11.3. The molecule has 2 aromatic carbocycles. The lowest BCUT2D eigenvalue weighted by Crippen LogP contribution is -1.90. The summed E-state index contributed by atoms with van der Waals surface area (Å²) in [6, 6.07) is 16.2. The van der Waals surface area contributed by atoms with Crippen molar-refractivity contribution >= 4 is 22.0 Å². The van der Waals surface area contributed by atoms with Crippen LogP contribution in [0.15, 0.2) is 52.9 Å². The molecule has 2 aromatic heterocycles. The predicted octanol–water partition coefficient (Wildman–Crippen LogP) is 4.66. The van der Waals surface area contributed by atoms with Crippen molar-refractivity contribution in [3.8, 4) is 11.6 Å². The van der Waals surface area contributed by atoms with Crippen LogP contribution in [0.5, 0.6) is 0 Å². The lowest BCUT2D eigenvalue weighted by molar-refractivity contribution is 0.616. The van der Waals surface area contributed by atoms with Crippen molar-refractivity contribution in [1.82, 2.24) is 9.97 Å². The van der Waals surface area contributed by atoms with Crippen LogP contribution in [0.3, 0.4) is 0 Å². The summed E-state index contributed by atoms with van der Waals surface area (Å²) in [6.45, 7) is 4.09. The largest absolute Gasteiger partial charge is 0.435 e. The van der Waals surface area contributed by atoms with Gasteiger partial charge in [0, 0.05) is 5.39 Å². The zero-order valence-electron chi connectivity index (χ0n) is 11.9. The molecule has 0 fully saturated rings. The van der Waals surface area contributed by atoms with Crippen LogP contribution in [0, 0.1) is 13.8 Å². The Balaban J connectivity index is 1.96. The monoisotopic (exact) mass is 274 g/mol. The van der Waals surface area contributed by atoms with Gasteiger partial charge in [-0.3, -0.25) is 0 Å². The standard InChI is InChI=1S/C18H14N2O/c1-11-7-8-16-15(9-11)20-18(21-16)17-12(2)10-13-5-3-4-6-14(13)19-17/h3-10H,1-2H3. The summed E-state index contributed by atoms with van der Waals surface area (Å²) >= 11 is 0. The summed E-state index contributed by atoms with van der Waals surface area (Å²) in [5.41, 5.74) is 5.67. The van der Waals surface area contributed by atoms with Gasteiger partial charge in [-0.25, -0.2) is 9.97 Å². The van der Waals surface area contributed by atoms with Gasteiger partial charge in [0.2, 0.25) is 5.89 Å². The molecule has 4 rings (SSSR count). The maximum atomic E-state index is 5.87. The van der Waals surface area contributed by atoms with E-state index in [9.17, 15) is 0 Å². The second-order valence-electron chi connectivity index (χ2n) is 5.34. The smallest absolute Gasteiger partial charge is 0.246 e. The first-order chi connectivity index (χ1) is 10.2. The summed E-state index contributed by atoms with van der Waals surface area (Å²) in [4.78, 5) is 9.29. The van der Waals surface area contributed by atoms with Gasteiger partial charge in [0.25, 0.3) is 0 Å². The van der Waals surface area contributed by atoms with Crippen LogP contribution in [-0.4, -0.2) is 9.97 Å². The number of benzene rings is 2. The Morgan fingerprint density at radius 2 is 1.71 bits per heavy atom. The molecule has 2 heterocycles. The van der Waals surface area contributed by atoms with Gasteiger partial charge in [-0.2, -0.15) is 0 Å². The first-order valence-electron chi connectivity index (χ1n) is 6.95. The molecule has 0 unspecified atom stereocenters. The Hall–Kier alpha value is -2.68. The number of rotatable bonds is 1. The third kappa shape index (κ3) is 1.98. The quantitative estimate of drug-likeness (QED) is 0.506. The molecule has 0 radical (unpaired) electrons. The van der Waals surface area contributed by atoms with E-state index in [1.54, 1.807) is 0 Å². The fraction of sp³-hybridized carbons (Fsp3) is 0.111. The van der Waals surface area contributed by atoms with Crippen molar-refractivity contribution in [1.29, 1.82) is 0 Å². The Morgan fingerprint density at radius 1 is 0.857 bits per heavy atom. The first-order valence-corrected chi connectivity index (χ1v) is 6.95. The van der Waals surface area contributed by atoms with E-state index in [0.717, 1.165) is 33.3 Å². The number of nitrogens with zero attached hydrogens (tertiary/aromatic N) is 2. The van der Waals surface area contributed by atoms with Gasteiger partial charge in [-0.1, -0.05) is 24.3 Å². The van der Waals surface area contributed by atoms with E-state index in [4.69, 9.17) is 9.40 Å². The Kier molecular flexibility index (Phi) is 2.54. The molecule has 0 bridgehead atoms. The zero-order valence-corrected chi connectivity index (χ0v) is 11.9. The third-order valence-corrected chi connectivity index (χ3v) is 3.66. The molecule has 0 saturated carbocycles. The van der Waals surface area contributed by atoms with Crippen molar-refractivity contribution in [3.63, 3.8) is 0 Å². The Morgan fingerprint density at radius 3 is 2.62 bits per heavy atom. The van der Waals surface area contributed by atoms with Gasteiger partial charge in [0.05, 0.1) is 5.52 Å². The van der Waals surface area contributed by atoms with Crippen molar-refractivity contribution in [3.05, 3.63) is 59.7 Å². The van der Waals surface area contributed by atoms with Crippen LogP contribution in [-0.2, 0) is 0 Å². The van der Waals surface area contributed by atoms with E-state index in [1.807, 2.05) is 50.2 Å². The fourth-order valence-electron chi connectivity index (χ4n) is 2.58. The number of hydrogen-bond donors (Lipinski definition) is 0. The molecule has 0 aliphatic heterocycles. The third-order valence-electron chi connectivity index (χ3n) is 3.66. The average Bonchev–Trinajstić information content (AvgIpc) is 2.89.